The fourth-order valence-corrected chi connectivity index (χ4v) is 6.11. The molecule has 8 heteroatoms. The zero-order valence-electron chi connectivity index (χ0n) is 11.2. The Bertz CT molecular complexity index is 543. The van der Waals surface area contributed by atoms with Gasteiger partial charge in [0.1, 0.15) is 0 Å². The molecule has 0 aromatic carbocycles. The minimum Gasteiger partial charge on any atom is -0.324 e. The van der Waals surface area contributed by atoms with Crippen molar-refractivity contribution >= 4 is 19.9 Å². The van der Waals surface area contributed by atoms with Crippen molar-refractivity contribution in [3.8, 4) is 0 Å². The van der Waals surface area contributed by atoms with E-state index in [0.717, 1.165) is 12.8 Å². The SMILES string of the molecule is CS(=O)(=O)N1CCCC(CC2(N)CCS(=O)(=O)C2)C1. The fraction of sp³-hybridized carbons (Fsp3) is 1.00. The van der Waals surface area contributed by atoms with Gasteiger partial charge in [0.2, 0.25) is 10.0 Å². The maximum absolute atomic E-state index is 11.6. The molecular formula is C11H22N2O4S2. The van der Waals surface area contributed by atoms with E-state index in [9.17, 15) is 16.8 Å². The number of nitrogens with zero attached hydrogens (tertiary/aromatic N) is 1. The Morgan fingerprint density at radius 3 is 2.63 bits per heavy atom. The Balaban J connectivity index is 2.00. The van der Waals surface area contributed by atoms with Gasteiger partial charge >= 0.3 is 0 Å². The smallest absolute Gasteiger partial charge is 0.211 e. The van der Waals surface area contributed by atoms with Crippen LogP contribution in [0.5, 0.6) is 0 Å². The molecule has 0 aromatic heterocycles. The van der Waals surface area contributed by atoms with Crippen LogP contribution < -0.4 is 5.73 Å². The van der Waals surface area contributed by atoms with Gasteiger partial charge in [0.05, 0.1) is 17.8 Å². The molecule has 2 heterocycles. The highest BCUT2D eigenvalue weighted by Gasteiger charge is 2.41. The molecule has 2 saturated heterocycles. The van der Waals surface area contributed by atoms with Crippen LogP contribution in [0, 0.1) is 5.92 Å². The third-order valence-corrected chi connectivity index (χ3v) is 7.17. The highest BCUT2D eigenvalue weighted by molar-refractivity contribution is 7.91. The highest BCUT2D eigenvalue weighted by atomic mass is 32.2. The molecule has 2 aliphatic rings. The Labute approximate surface area is 115 Å². The number of sulfone groups is 1. The molecule has 2 aliphatic heterocycles. The molecule has 2 atom stereocenters. The monoisotopic (exact) mass is 310 g/mol. The van der Waals surface area contributed by atoms with Crippen LogP contribution in [-0.4, -0.2) is 57.5 Å². The summed E-state index contributed by atoms with van der Waals surface area (Å²) < 4.78 is 47.6. The van der Waals surface area contributed by atoms with Crippen LogP contribution in [-0.2, 0) is 19.9 Å². The van der Waals surface area contributed by atoms with Crippen LogP contribution in [0.3, 0.4) is 0 Å². The number of sulfonamides is 1. The number of piperidine rings is 1. The summed E-state index contributed by atoms with van der Waals surface area (Å²) in [4.78, 5) is 0. The normalized spacial score (nSPS) is 36.4. The van der Waals surface area contributed by atoms with Gasteiger partial charge in [-0.1, -0.05) is 0 Å². The maximum Gasteiger partial charge on any atom is 0.211 e. The molecule has 0 aliphatic carbocycles. The molecule has 19 heavy (non-hydrogen) atoms. The lowest BCUT2D eigenvalue weighted by Gasteiger charge is -2.35. The van der Waals surface area contributed by atoms with Crippen LogP contribution in [0.2, 0.25) is 0 Å². The molecule has 0 bridgehead atoms. The first-order valence-electron chi connectivity index (χ1n) is 6.54. The van der Waals surface area contributed by atoms with Crippen LogP contribution in [0.1, 0.15) is 25.7 Å². The molecule has 0 spiro atoms. The first-order chi connectivity index (χ1) is 8.60. The molecular weight excluding hydrogens is 288 g/mol. The summed E-state index contributed by atoms with van der Waals surface area (Å²) in [6.45, 7) is 1.03. The van der Waals surface area contributed by atoms with Gasteiger partial charge in [-0.05, 0) is 31.6 Å². The average molecular weight is 310 g/mol. The second-order valence-corrected chi connectivity index (χ2v) is 10.2. The van der Waals surface area contributed by atoms with Crippen LogP contribution in [0.4, 0.5) is 0 Å². The van der Waals surface area contributed by atoms with E-state index in [1.807, 2.05) is 0 Å². The molecule has 0 amide bonds. The Hall–Kier alpha value is -0.180. The lowest BCUT2D eigenvalue weighted by Crippen LogP contribution is -2.47. The zero-order chi connectivity index (χ0) is 14.3. The predicted molar refractivity (Wildman–Crippen MR) is 73.9 cm³/mol. The van der Waals surface area contributed by atoms with Crippen molar-refractivity contribution in [1.29, 1.82) is 0 Å². The molecule has 2 fully saturated rings. The number of nitrogens with two attached hydrogens (primary N) is 1. The molecule has 2 N–H and O–H groups in total. The van der Waals surface area contributed by atoms with Gasteiger partial charge in [-0.25, -0.2) is 21.1 Å². The Morgan fingerprint density at radius 2 is 2.11 bits per heavy atom. The van der Waals surface area contributed by atoms with E-state index in [0.29, 0.717) is 25.9 Å². The van der Waals surface area contributed by atoms with Crippen molar-refractivity contribution in [2.24, 2.45) is 11.7 Å². The number of hydrogen-bond donors (Lipinski definition) is 1. The van der Waals surface area contributed by atoms with Gasteiger partial charge in [-0.15, -0.1) is 0 Å². The third-order valence-electron chi connectivity index (χ3n) is 4.06. The molecule has 6 nitrogen and oxygen atoms in total. The van der Waals surface area contributed by atoms with Gasteiger partial charge in [0.25, 0.3) is 0 Å². The van der Waals surface area contributed by atoms with Crippen molar-refractivity contribution < 1.29 is 16.8 Å². The van der Waals surface area contributed by atoms with E-state index in [1.54, 1.807) is 0 Å². The van der Waals surface area contributed by atoms with Crippen LogP contribution in [0.25, 0.3) is 0 Å². The standard InChI is InChI=1S/C11H22N2O4S2/c1-18(14,15)13-5-2-3-10(8-13)7-11(12)4-6-19(16,17)9-11/h10H,2-9,12H2,1H3. The summed E-state index contributed by atoms with van der Waals surface area (Å²) in [5.74, 6) is 0.364. The van der Waals surface area contributed by atoms with Gasteiger partial charge < -0.3 is 5.73 Å². The van der Waals surface area contributed by atoms with Crippen molar-refractivity contribution in [3.05, 3.63) is 0 Å². The second-order valence-electron chi connectivity index (χ2n) is 6.04. The first kappa shape index (κ1) is 15.2. The van der Waals surface area contributed by atoms with Crippen molar-refractivity contribution in [1.82, 2.24) is 4.31 Å². The summed E-state index contributed by atoms with van der Waals surface area (Å²) >= 11 is 0. The van der Waals surface area contributed by atoms with Gasteiger partial charge in [-0.2, -0.15) is 0 Å². The zero-order valence-corrected chi connectivity index (χ0v) is 12.8. The van der Waals surface area contributed by atoms with E-state index in [1.165, 1.54) is 10.6 Å². The fourth-order valence-electron chi connectivity index (χ4n) is 3.17. The van der Waals surface area contributed by atoms with E-state index >= 15 is 0 Å². The van der Waals surface area contributed by atoms with Crippen molar-refractivity contribution in [3.63, 3.8) is 0 Å². The third kappa shape index (κ3) is 3.90. The van der Waals surface area contributed by atoms with E-state index in [4.69, 9.17) is 5.73 Å². The quantitative estimate of drug-likeness (QED) is 0.762. The van der Waals surface area contributed by atoms with Gasteiger partial charge in [-0.3, -0.25) is 0 Å². The highest BCUT2D eigenvalue weighted by Crippen LogP contribution is 2.31. The Morgan fingerprint density at radius 1 is 1.42 bits per heavy atom. The molecule has 0 radical (unpaired) electrons. The molecule has 112 valence electrons. The Kier molecular flexibility index (Phi) is 3.99. The topological polar surface area (TPSA) is 97.5 Å². The summed E-state index contributed by atoms with van der Waals surface area (Å²) in [6.07, 6.45) is 4.04. The molecule has 0 aromatic rings. The summed E-state index contributed by atoms with van der Waals surface area (Å²) in [7, 11) is -6.16. The lowest BCUT2D eigenvalue weighted by atomic mass is 9.84. The number of hydrogen-bond acceptors (Lipinski definition) is 5. The summed E-state index contributed by atoms with van der Waals surface area (Å²) in [6, 6.07) is 0. The van der Waals surface area contributed by atoms with E-state index in [-0.39, 0.29) is 17.4 Å². The predicted octanol–water partition coefficient (Wildman–Crippen LogP) is -0.436. The molecule has 0 saturated carbocycles. The van der Waals surface area contributed by atoms with Crippen LogP contribution >= 0.6 is 0 Å². The molecule has 2 rings (SSSR count). The maximum atomic E-state index is 11.6. The molecule has 2 unspecified atom stereocenters. The van der Waals surface area contributed by atoms with Crippen molar-refractivity contribution in [2.75, 3.05) is 30.9 Å². The summed E-state index contributed by atoms with van der Waals surface area (Å²) in [5, 5.41) is 0. The number of rotatable bonds is 3. The lowest BCUT2D eigenvalue weighted by molar-refractivity contribution is 0.223. The first-order valence-corrected chi connectivity index (χ1v) is 10.2. The largest absolute Gasteiger partial charge is 0.324 e. The van der Waals surface area contributed by atoms with Gasteiger partial charge in [0, 0.05) is 18.6 Å². The van der Waals surface area contributed by atoms with Crippen molar-refractivity contribution in [2.45, 2.75) is 31.2 Å². The average Bonchev–Trinajstić information content (AvgIpc) is 2.52. The van der Waals surface area contributed by atoms with E-state index < -0.39 is 25.4 Å². The van der Waals surface area contributed by atoms with Crippen LogP contribution in [0.15, 0.2) is 0 Å². The van der Waals surface area contributed by atoms with Gasteiger partial charge in [0.15, 0.2) is 9.84 Å². The second kappa shape index (κ2) is 4.98. The summed E-state index contributed by atoms with van der Waals surface area (Å²) in [5.41, 5.74) is 5.51. The minimum atomic E-state index is -3.16. The van der Waals surface area contributed by atoms with E-state index in [2.05, 4.69) is 0 Å². The minimum absolute atomic E-state index is 0.0371.